The minimum absolute atomic E-state index is 0.0302. The van der Waals surface area contributed by atoms with Crippen LogP contribution in [0.25, 0.3) is 0 Å². The fraction of sp³-hybridized carbons (Fsp3) is 0.350. The molecule has 1 aromatic carbocycles. The van der Waals surface area contributed by atoms with Crippen molar-refractivity contribution in [1.29, 1.82) is 5.26 Å². The highest BCUT2D eigenvalue weighted by atomic mass is 16.3. The molecule has 3 heterocycles. The average molecular weight is 349 g/mol. The third-order valence-corrected chi connectivity index (χ3v) is 5.44. The number of furan rings is 1. The van der Waals surface area contributed by atoms with Crippen LogP contribution in [-0.4, -0.2) is 36.3 Å². The third-order valence-electron chi connectivity index (χ3n) is 5.44. The van der Waals surface area contributed by atoms with Gasteiger partial charge in [0.1, 0.15) is 5.76 Å². The van der Waals surface area contributed by atoms with Crippen molar-refractivity contribution in [3.8, 4) is 6.07 Å². The largest absolute Gasteiger partial charge is 0.469 e. The van der Waals surface area contributed by atoms with Crippen LogP contribution in [0.4, 0.5) is 5.69 Å². The molecule has 2 aliphatic heterocycles. The Morgan fingerprint density at radius 2 is 2.00 bits per heavy atom. The van der Waals surface area contributed by atoms with Gasteiger partial charge in [-0.05, 0) is 43.7 Å². The van der Waals surface area contributed by atoms with Crippen molar-refractivity contribution >= 4 is 17.5 Å². The Kier molecular flexibility index (Phi) is 3.80. The van der Waals surface area contributed by atoms with Gasteiger partial charge in [0.15, 0.2) is 0 Å². The lowest BCUT2D eigenvalue weighted by molar-refractivity contribution is -0.117. The van der Waals surface area contributed by atoms with E-state index in [0.717, 1.165) is 12.1 Å². The summed E-state index contributed by atoms with van der Waals surface area (Å²) in [6, 6.07) is 10.8. The van der Waals surface area contributed by atoms with Gasteiger partial charge in [-0.15, -0.1) is 0 Å². The Morgan fingerprint density at radius 3 is 2.65 bits per heavy atom. The fourth-order valence-corrected chi connectivity index (χ4v) is 4.01. The SMILES string of the molecule is Cc1occc1C(=O)N1CC[C@]2(CC(=O)N(c3ccc(C#N)cc3)C2)C1. The van der Waals surface area contributed by atoms with Crippen LogP contribution < -0.4 is 4.90 Å². The number of rotatable bonds is 2. The van der Waals surface area contributed by atoms with Gasteiger partial charge in [0.25, 0.3) is 5.91 Å². The predicted octanol–water partition coefficient (Wildman–Crippen LogP) is 2.73. The summed E-state index contributed by atoms with van der Waals surface area (Å²) in [6.07, 6.45) is 2.79. The van der Waals surface area contributed by atoms with E-state index in [9.17, 15) is 9.59 Å². The topological polar surface area (TPSA) is 77.6 Å². The maximum Gasteiger partial charge on any atom is 0.257 e. The normalized spacial score (nSPS) is 22.2. The molecule has 4 rings (SSSR count). The van der Waals surface area contributed by atoms with Crippen molar-refractivity contribution < 1.29 is 14.0 Å². The van der Waals surface area contributed by atoms with Gasteiger partial charge in [-0.1, -0.05) is 0 Å². The number of aryl methyl sites for hydroxylation is 1. The quantitative estimate of drug-likeness (QED) is 0.835. The summed E-state index contributed by atoms with van der Waals surface area (Å²) in [5.41, 5.74) is 1.78. The van der Waals surface area contributed by atoms with Crippen LogP contribution in [0.1, 0.15) is 34.5 Å². The number of hydrogen-bond acceptors (Lipinski definition) is 4. The maximum absolute atomic E-state index is 12.7. The predicted molar refractivity (Wildman–Crippen MR) is 94.5 cm³/mol. The summed E-state index contributed by atoms with van der Waals surface area (Å²) < 4.78 is 5.24. The molecule has 6 heteroatoms. The van der Waals surface area contributed by atoms with E-state index in [1.54, 1.807) is 30.0 Å². The van der Waals surface area contributed by atoms with Gasteiger partial charge in [-0.25, -0.2) is 0 Å². The Morgan fingerprint density at radius 1 is 1.23 bits per heavy atom. The van der Waals surface area contributed by atoms with Crippen LogP contribution in [0.5, 0.6) is 0 Å². The van der Waals surface area contributed by atoms with Crippen LogP contribution in [0.2, 0.25) is 0 Å². The molecule has 0 N–H and O–H groups in total. The molecule has 1 aromatic heterocycles. The highest BCUT2D eigenvalue weighted by Gasteiger charge is 2.49. The highest BCUT2D eigenvalue weighted by molar-refractivity contribution is 5.98. The first kappa shape index (κ1) is 16.4. The second-order valence-electron chi connectivity index (χ2n) is 7.18. The first-order valence-corrected chi connectivity index (χ1v) is 8.65. The summed E-state index contributed by atoms with van der Waals surface area (Å²) in [6.45, 7) is 3.61. The van der Waals surface area contributed by atoms with Crippen molar-refractivity contribution in [1.82, 2.24) is 4.90 Å². The lowest BCUT2D eigenvalue weighted by Gasteiger charge is -2.24. The average Bonchev–Trinajstić information content (AvgIpc) is 3.34. The van der Waals surface area contributed by atoms with E-state index in [-0.39, 0.29) is 17.2 Å². The van der Waals surface area contributed by atoms with Crippen molar-refractivity contribution in [3.05, 3.63) is 53.5 Å². The Balaban J connectivity index is 1.50. The van der Waals surface area contributed by atoms with E-state index in [0.29, 0.717) is 42.9 Å². The molecular weight excluding hydrogens is 330 g/mol. The molecule has 2 fully saturated rings. The van der Waals surface area contributed by atoms with E-state index in [2.05, 4.69) is 6.07 Å². The smallest absolute Gasteiger partial charge is 0.257 e. The van der Waals surface area contributed by atoms with Gasteiger partial charge >= 0.3 is 0 Å². The van der Waals surface area contributed by atoms with Crippen molar-refractivity contribution in [2.75, 3.05) is 24.5 Å². The first-order chi connectivity index (χ1) is 12.5. The number of nitriles is 1. The second-order valence-corrected chi connectivity index (χ2v) is 7.18. The molecule has 6 nitrogen and oxygen atoms in total. The first-order valence-electron chi connectivity index (χ1n) is 8.65. The zero-order valence-corrected chi connectivity index (χ0v) is 14.6. The van der Waals surface area contributed by atoms with Crippen LogP contribution >= 0.6 is 0 Å². The molecule has 26 heavy (non-hydrogen) atoms. The fourth-order valence-electron chi connectivity index (χ4n) is 4.01. The summed E-state index contributed by atoms with van der Waals surface area (Å²) in [5, 5.41) is 8.92. The minimum Gasteiger partial charge on any atom is -0.469 e. The number of nitrogens with zero attached hydrogens (tertiary/aromatic N) is 3. The van der Waals surface area contributed by atoms with E-state index < -0.39 is 0 Å². The second kappa shape index (κ2) is 6.03. The zero-order chi connectivity index (χ0) is 18.3. The van der Waals surface area contributed by atoms with Crippen molar-refractivity contribution in [3.63, 3.8) is 0 Å². The number of hydrogen-bond donors (Lipinski definition) is 0. The standard InChI is InChI=1S/C20H19N3O3/c1-14-17(6-9-26-14)19(25)22-8-7-20(12-22)10-18(24)23(13-20)16-4-2-15(11-21)3-5-16/h2-6,9H,7-8,10,12-13H2,1H3/t20-/m0/s1. The van der Waals surface area contributed by atoms with Crippen LogP contribution in [0.3, 0.4) is 0 Å². The lowest BCUT2D eigenvalue weighted by atomic mass is 9.86. The van der Waals surface area contributed by atoms with Crippen LogP contribution in [-0.2, 0) is 4.79 Å². The van der Waals surface area contributed by atoms with Gasteiger partial charge in [-0.3, -0.25) is 9.59 Å². The summed E-state index contributed by atoms with van der Waals surface area (Å²) in [4.78, 5) is 28.9. The number of carbonyl (C=O) groups excluding carboxylic acids is 2. The molecular formula is C20H19N3O3. The Bertz CT molecular complexity index is 909. The molecule has 0 saturated carbocycles. The number of anilines is 1. The van der Waals surface area contributed by atoms with Gasteiger partial charge in [-0.2, -0.15) is 5.26 Å². The molecule has 0 unspecified atom stereocenters. The molecule has 2 amide bonds. The number of benzene rings is 1. The van der Waals surface area contributed by atoms with E-state index in [1.165, 1.54) is 6.26 Å². The minimum atomic E-state index is -0.196. The molecule has 2 saturated heterocycles. The molecule has 0 bridgehead atoms. The Hall–Kier alpha value is -3.07. The van der Waals surface area contributed by atoms with E-state index in [4.69, 9.17) is 9.68 Å². The molecule has 0 aliphatic carbocycles. The summed E-state index contributed by atoms with van der Waals surface area (Å²) in [5.74, 6) is 0.665. The molecule has 2 aliphatic rings. The number of carbonyl (C=O) groups is 2. The number of likely N-dealkylation sites (tertiary alicyclic amines) is 1. The zero-order valence-electron chi connectivity index (χ0n) is 14.6. The molecule has 1 spiro atoms. The molecule has 2 aromatic rings. The van der Waals surface area contributed by atoms with Gasteiger partial charge in [0.05, 0.1) is 23.5 Å². The van der Waals surface area contributed by atoms with Crippen molar-refractivity contribution in [2.24, 2.45) is 5.41 Å². The van der Waals surface area contributed by atoms with Crippen LogP contribution in [0, 0.1) is 23.7 Å². The Labute approximate surface area is 151 Å². The summed E-state index contributed by atoms with van der Waals surface area (Å²) >= 11 is 0. The lowest BCUT2D eigenvalue weighted by Crippen LogP contribution is -2.34. The van der Waals surface area contributed by atoms with E-state index in [1.807, 2.05) is 17.0 Å². The van der Waals surface area contributed by atoms with Crippen LogP contribution in [0.15, 0.2) is 41.0 Å². The third kappa shape index (κ3) is 2.66. The molecule has 0 radical (unpaired) electrons. The van der Waals surface area contributed by atoms with Gasteiger partial charge < -0.3 is 14.2 Å². The number of amides is 2. The molecule has 1 atom stereocenters. The van der Waals surface area contributed by atoms with Gasteiger partial charge in [0, 0.05) is 37.2 Å². The molecule has 132 valence electrons. The van der Waals surface area contributed by atoms with Gasteiger partial charge in [0.2, 0.25) is 5.91 Å². The van der Waals surface area contributed by atoms with Crippen molar-refractivity contribution in [2.45, 2.75) is 19.8 Å². The summed E-state index contributed by atoms with van der Waals surface area (Å²) in [7, 11) is 0. The monoisotopic (exact) mass is 349 g/mol. The van der Waals surface area contributed by atoms with E-state index >= 15 is 0 Å². The maximum atomic E-state index is 12.7. The highest BCUT2D eigenvalue weighted by Crippen LogP contribution is 2.42.